The average Bonchev–Trinajstić information content (AvgIpc) is 2.85. The van der Waals surface area contributed by atoms with E-state index >= 15 is 0 Å². The Balaban J connectivity index is 2.27. The van der Waals surface area contributed by atoms with Gasteiger partial charge in [0.1, 0.15) is 0 Å². The van der Waals surface area contributed by atoms with E-state index in [1.165, 1.54) is 0 Å². The summed E-state index contributed by atoms with van der Waals surface area (Å²) in [6.45, 7) is 1.46. The number of anilines is 2. The van der Waals surface area contributed by atoms with E-state index in [0.717, 1.165) is 25.9 Å². The van der Waals surface area contributed by atoms with Crippen molar-refractivity contribution in [1.82, 2.24) is 20.3 Å². The topological polar surface area (TPSA) is 94.0 Å². The van der Waals surface area contributed by atoms with Gasteiger partial charge >= 0.3 is 0 Å². The zero-order chi connectivity index (χ0) is 13.7. The molecule has 0 fully saturated rings. The van der Waals surface area contributed by atoms with Gasteiger partial charge in [0.05, 0.1) is 0 Å². The van der Waals surface area contributed by atoms with Crippen LogP contribution in [0.2, 0.25) is 0 Å². The van der Waals surface area contributed by atoms with Gasteiger partial charge in [-0.2, -0.15) is 0 Å². The summed E-state index contributed by atoms with van der Waals surface area (Å²) in [6, 6.07) is 0. The van der Waals surface area contributed by atoms with E-state index in [2.05, 4.69) is 24.9 Å². The monoisotopic (exact) mass is 304 g/mol. The molecule has 2 N–H and O–H groups in total. The summed E-state index contributed by atoms with van der Waals surface area (Å²) in [5, 5.41) is 7.27. The molecule has 0 atom stereocenters. The number of aromatic nitrogens is 4. The molecule has 0 aliphatic heterocycles. The van der Waals surface area contributed by atoms with Crippen LogP contribution in [0.5, 0.6) is 0 Å². The predicted octanol–water partition coefficient (Wildman–Crippen LogP) is 1.66. The Hall–Kier alpha value is -1.34. The van der Waals surface area contributed by atoms with E-state index in [0.29, 0.717) is 34.7 Å². The molecule has 0 amide bonds. The summed E-state index contributed by atoms with van der Waals surface area (Å²) in [6.07, 6.45) is 1.64. The molecule has 2 rings (SSSR count). The number of halogens is 2. The summed E-state index contributed by atoms with van der Waals surface area (Å²) in [4.78, 5) is 10.4. The molecule has 0 aliphatic rings. The fourth-order valence-corrected chi connectivity index (χ4v) is 1.94. The molecular weight excluding hydrogens is 291 g/mol. The minimum Gasteiger partial charge on any atom is -0.381 e. The lowest BCUT2D eigenvalue weighted by Gasteiger charge is -2.23. The molecule has 0 aromatic carbocycles. The Morgan fingerprint density at radius 1 is 1.00 bits per heavy atom. The highest BCUT2D eigenvalue weighted by Gasteiger charge is 2.16. The Morgan fingerprint density at radius 3 is 2.16 bits per heavy atom. The first-order valence-electron chi connectivity index (χ1n) is 5.89. The van der Waals surface area contributed by atoms with Crippen molar-refractivity contribution in [3.05, 3.63) is 0 Å². The first kappa shape index (κ1) is 14.1. The van der Waals surface area contributed by atoms with Crippen LogP contribution in [-0.2, 0) is 0 Å². The second kappa shape index (κ2) is 6.72. The number of nitrogen functional groups attached to an aromatic ring is 1. The Morgan fingerprint density at radius 2 is 1.58 bits per heavy atom. The number of alkyl halides is 2. The summed E-state index contributed by atoms with van der Waals surface area (Å²) in [5.41, 5.74) is 6.54. The van der Waals surface area contributed by atoms with Crippen LogP contribution in [0, 0.1) is 0 Å². The highest BCUT2D eigenvalue weighted by Crippen LogP contribution is 2.21. The van der Waals surface area contributed by atoms with Crippen molar-refractivity contribution in [2.75, 3.05) is 35.5 Å². The average molecular weight is 305 g/mol. The van der Waals surface area contributed by atoms with Crippen LogP contribution in [0.4, 0.5) is 11.6 Å². The first-order valence-corrected chi connectivity index (χ1v) is 6.96. The maximum absolute atomic E-state index is 5.90. The first-order chi connectivity index (χ1) is 9.26. The van der Waals surface area contributed by atoms with Crippen molar-refractivity contribution in [3.8, 4) is 0 Å². The summed E-state index contributed by atoms with van der Waals surface area (Å²) >= 11 is 11.5. The molecule has 0 unspecified atom stereocenters. The van der Waals surface area contributed by atoms with Crippen LogP contribution >= 0.6 is 23.2 Å². The van der Waals surface area contributed by atoms with Gasteiger partial charge in [-0.25, -0.2) is 14.6 Å². The maximum atomic E-state index is 5.90. The number of fused-ring (bicyclic) bond motifs is 1. The molecule has 104 valence electrons. The van der Waals surface area contributed by atoms with Gasteiger partial charge in [-0.05, 0) is 23.2 Å². The molecule has 9 heteroatoms. The summed E-state index contributed by atoms with van der Waals surface area (Å²) < 4.78 is 4.58. The maximum Gasteiger partial charge on any atom is 0.245 e. The van der Waals surface area contributed by atoms with Gasteiger partial charge < -0.3 is 10.6 Å². The Labute approximate surface area is 120 Å². The molecule has 0 radical (unpaired) electrons. The normalized spacial score (nSPS) is 11.1. The zero-order valence-electron chi connectivity index (χ0n) is 10.2. The molecule has 0 aliphatic carbocycles. The number of rotatable bonds is 7. The summed E-state index contributed by atoms with van der Waals surface area (Å²) in [7, 11) is 0. The van der Waals surface area contributed by atoms with Gasteiger partial charge in [-0.15, -0.1) is 23.2 Å². The number of nitrogens with two attached hydrogens (primary N) is 1. The highest BCUT2D eigenvalue weighted by atomic mass is 35.5. The lowest BCUT2D eigenvalue weighted by molar-refractivity contribution is 0.314. The van der Waals surface area contributed by atoms with Crippen molar-refractivity contribution in [2.45, 2.75) is 12.8 Å². The van der Waals surface area contributed by atoms with E-state index < -0.39 is 0 Å². The van der Waals surface area contributed by atoms with Gasteiger partial charge in [-0.1, -0.05) is 0 Å². The minimum absolute atomic E-state index is 0.298. The van der Waals surface area contributed by atoms with E-state index in [1.54, 1.807) is 0 Å². The molecule has 2 aromatic heterocycles. The van der Waals surface area contributed by atoms with Gasteiger partial charge in [0, 0.05) is 24.8 Å². The van der Waals surface area contributed by atoms with Crippen LogP contribution in [0.25, 0.3) is 11.3 Å². The highest BCUT2D eigenvalue weighted by molar-refractivity contribution is 6.18. The van der Waals surface area contributed by atoms with Gasteiger partial charge in [-0.3, -0.25) is 0 Å². The Bertz CT molecular complexity index is 526. The Kier molecular flexibility index (Phi) is 4.98. The van der Waals surface area contributed by atoms with Crippen molar-refractivity contribution < 1.29 is 4.63 Å². The number of nitrogens with zero attached hydrogens (tertiary/aromatic N) is 5. The van der Waals surface area contributed by atoms with E-state index in [1.807, 2.05) is 4.90 Å². The second-order valence-electron chi connectivity index (χ2n) is 3.92. The van der Waals surface area contributed by atoms with E-state index in [4.69, 9.17) is 28.9 Å². The number of hydrogen-bond acceptors (Lipinski definition) is 7. The molecule has 2 aromatic rings. The molecular formula is C10H14Cl2N6O. The van der Waals surface area contributed by atoms with E-state index in [-0.39, 0.29) is 0 Å². The third-order valence-corrected chi connectivity index (χ3v) is 3.08. The van der Waals surface area contributed by atoms with Crippen molar-refractivity contribution >= 4 is 46.1 Å². The molecule has 2 heterocycles. The predicted molar refractivity (Wildman–Crippen MR) is 74.7 cm³/mol. The summed E-state index contributed by atoms with van der Waals surface area (Å²) in [5.74, 6) is 2.00. The van der Waals surface area contributed by atoms with Gasteiger partial charge in [0.2, 0.25) is 11.3 Å². The SMILES string of the molecule is Nc1nc2nonc2nc1N(CCCCl)CCCCl. The molecule has 0 saturated heterocycles. The van der Waals surface area contributed by atoms with Crippen LogP contribution in [0.3, 0.4) is 0 Å². The third kappa shape index (κ3) is 3.36. The van der Waals surface area contributed by atoms with Crippen molar-refractivity contribution in [3.63, 3.8) is 0 Å². The lowest BCUT2D eigenvalue weighted by Crippen LogP contribution is -2.28. The van der Waals surface area contributed by atoms with Crippen LogP contribution in [0.15, 0.2) is 4.63 Å². The lowest BCUT2D eigenvalue weighted by atomic mass is 10.3. The van der Waals surface area contributed by atoms with Crippen molar-refractivity contribution in [1.29, 1.82) is 0 Å². The minimum atomic E-state index is 0.298. The molecule has 0 spiro atoms. The molecule has 7 nitrogen and oxygen atoms in total. The zero-order valence-corrected chi connectivity index (χ0v) is 11.7. The third-order valence-electron chi connectivity index (χ3n) is 2.54. The van der Waals surface area contributed by atoms with Crippen LogP contribution in [0.1, 0.15) is 12.8 Å². The largest absolute Gasteiger partial charge is 0.381 e. The fourth-order valence-electron chi connectivity index (χ4n) is 1.70. The molecule has 0 saturated carbocycles. The number of hydrogen-bond donors (Lipinski definition) is 1. The quantitative estimate of drug-likeness (QED) is 0.777. The van der Waals surface area contributed by atoms with Crippen LogP contribution in [-0.4, -0.2) is 45.1 Å². The van der Waals surface area contributed by atoms with Crippen molar-refractivity contribution in [2.24, 2.45) is 0 Å². The smallest absolute Gasteiger partial charge is 0.245 e. The molecule has 19 heavy (non-hydrogen) atoms. The van der Waals surface area contributed by atoms with Gasteiger partial charge in [0.15, 0.2) is 11.6 Å². The molecule has 0 bridgehead atoms. The standard InChI is InChI=1S/C10H14Cl2N6O/c11-3-1-5-18(6-2-4-12)10-7(13)14-8-9(15-10)17-19-16-8/h1-6H2,(H2,13,14,16). The second-order valence-corrected chi connectivity index (χ2v) is 4.67. The van der Waals surface area contributed by atoms with E-state index in [9.17, 15) is 0 Å². The fraction of sp³-hybridized carbons (Fsp3) is 0.600. The van der Waals surface area contributed by atoms with Gasteiger partial charge in [0.25, 0.3) is 0 Å². The van der Waals surface area contributed by atoms with Crippen LogP contribution < -0.4 is 10.6 Å².